The van der Waals surface area contributed by atoms with Crippen molar-refractivity contribution in [3.63, 3.8) is 0 Å². The second-order valence-corrected chi connectivity index (χ2v) is 5.73. The third-order valence-electron chi connectivity index (χ3n) is 3.87. The van der Waals surface area contributed by atoms with Crippen LogP contribution in [0.2, 0.25) is 0 Å². The number of aryl methyl sites for hydroxylation is 1. The lowest BCUT2D eigenvalue weighted by molar-refractivity contribution is -0.154. The number of carboxylic acids is 1. The van der Waals surface area contributed by atoms with Crippen molar-refractivity contribution in [2.24, 2.45) is 5.41 Å². The maximum absolute atomic E-state index is 12.2. The summed E-state index contributed by atoms with van der Waals surface area (Å²) in [4.78, 5) is 23.7. The maximum Gasteiger partial charge on any atom is 0.319 e. The molecule has 0 saturated heterocycles. The van der Waals surface area contributed by atoms with E-state index in [0.717, 1.165) is 24.8 Å². The molecule has 1 aromatic carbocycles. The molecule has 0 heterocycles. The highest BCUT2D eigenvalue weighted by Crippen LogP contribution is 2.27. The fourth-order valence-corrected chi connectivity index (χ4v) is 2.13. The zero-order valence-corrected chi connectivity index (χ0v) is 12.0. The molecule has 1 aromatic rings. The molecule has 0 spiro atoms. The number of aliphatic carboxylic acids is 1. The van der Waals surface area contributed by atoms with E-state index in [0.29, 0.717) is 0 Å². The normalized spacial score (nSPS) is 17.3. The van der Waals surface area contributed by atoms with Crippen molar-refractivity contribution in [1.29, 1.82) is 0 Å². The van der Waals surface area contributed by atoms with Gasteiger partial charge >= 0.3 is 5.97 Å². The minimum absolute atomic E-state index is 0.170. The minimum Gasteiger partial charge on any atom is -0.480 e. The zero-order valence-electron chi connectivity index (χ0n) is 12.0. The molecule has 20 heavy (non-hydrogen) atoms. The lowest BCUT2D eigenvalue weighted by Crippen LogP contribution is -2.46. The fourth-order valence-electron chi connectivity index (χ4n) is 2.13. The van der Waals surface area contributed by atoms with Gasteiger partial charge in [0.05, 0.1) is 0 Å². The average Bonchev–Trinajstić information content (AvgIpc) is 3.23. The standard InChI is InChI=1S/C16H21NO3/c1-3-11-4-6-12(7-5-11)10-16(2,15(19)20)14(18)17-13-8-9-13/h4-7,13H,3,8-10H2,1-2H3,(H,17,18)(H,19,20). The van der Waals surface area contributed by atoms with Gasteiger partial charge < -0.3 is 10.4 Å². The van der Waals surface area contributed by atoms with Gasteiger partial charge in [-0.15, -0.1) is 0 Å². The second kappa shape index (κ2) is 5.65. The summed E-state index contributed by atoms with van der Waals surface area (Å²) < 4.78 is 0. The minimum atomic E-state index is -1.41. The van der Waals surface area contributed by atoms with E-state index in [4.69, 9.17) is 0 Å². The summed E-state index contributed by atoms with van der Waals surface area (Å²) in [7, 11) is 0. The van der Waals surface area contributed by atoms with Crippen molar-refractivity contribution < 1.29 is 14.7 Å². The van der Waals surface area contributed by atoms with Gasteiger partial charge in [0.25, 0.3) is 0 Å². The van der Waals surface area contributed by atoms with E-state index in [1.54, 1.807) is 0 Å². The Morgan fingerprint density at radius 1 is 1.25 bits per heavy atom. The Balaban J connectivity index is 2.14. The molecule has 1 fully saturated rings. The van der Waals surface area contributed by atoms with Gasteiger partial charge in [-0.1, -0.05) is 31.2 Å². The quantitative estimate of drug-likeness (QED) is 0.782. The monoisotopic (exact) mass is 275 g/mol. The van der Waals surface area contributed by atoms with Gasteiger partial charge in [0.2, 0.25) is 5.91 Å². The first-order chi connectivity index (χ1) is 9.45. The smallest absolute Gasteiger partial charge is 0.319 e. The molecule has 0 aromatic heterocycles. The molecule has 1 amide bonds. The van der Waals surface area contributed by atoms with E-state index in [9.17, 15) is 14.7 Å². The van der Waals surface area contributed by atoms with Crippen LogP contribution in [-0.4, -0.2) is 23.0 Å². The lowest BCUT2D eigenvalue weighted by Gasteiger charge is -2.24. The number of carbonyl (C=O) groups excluding carboxylic acids is 1. The molecule has 0 aliphatic heterocycles. The molecule has 108 valence electrons. The summed E-state index contributed by atoms with van der Waals surface area (Å²) in [5.41, 5.74) is 0.669. The molecule has 2 rings (SSSR count). The van der Waals surface area contributed by atoms with Crippen molar-refractivity contribution in [2.75, 3.05) is 0 Å². The molecule has 2 N–H and O–H groups in total. The Labute approximate surface area is 119 Å². The predicted octanol–water partition coefficient (Wildman–Crippen LogP) is 2.16. The highest BCUT2D eigenvalue weighted by Gasteiger charge is 2.43. The first-order valence-corrected chi connectivity index (χ1v) is 7.08. The van der Waals surface area contributed by atoms with Gasteiger partial charge in [-0.05, 0) is 43.7 Å². The highest BCUT2D eigenvalue weighted by atomic mass is 16.4. The predicted molar refractivity (Wildman–Crippen MR) is 76.4 cm³/mol. The van der Waals surface area contributed by atoms with Crippen LogP contribution in [0.4, 0.5) is 0 Å². The zero-order chi connectivity index (χ0) is 14.8. The van der Waals surface area contributed by atoms with Crippen LogP contribution in [0.25, 0.3) is 0 Å². The van der Waals surface area contributed by atoms with Crippen molar-refractivity contribution in [2.45, 2.75) is 45.6 Å². The van der Waals surface area contributed by atoms with Crippen LogP contribution < -0.4 is 5.32 Å². The fraction of sp³-hybridized carbons (Fsp3) is 0.500. The Bertz CT molecular complexity index is 505. The number of carboxylic acid groups (broad SMARTS) is 1. The second-order valence-electron chi connectivity index (χ2n) is 5.73. The van der Waals surface area contributed by atoms with E-state index < -0.39 is 11.4 Å². The van der Waals surface area contributed by atoms with E-state index in [1.807, 2.05) is 24.3 Å². The topological polar surface area (TPSA) is 66.4 Å². The summed E-state index contributed by atoms with van der Waals surface area (Å²) in [6, 6.07) is 7.95. The summed E-state index contributed by atoms with van der Waals surface area (Å²) in [5.74, 6) is -1.46. The molecule has 0 radical (unpaired) electrons. The Morgan fingerprint density at radius 3 is 2.25 bits per heavy atom. The first kappa shape index (κ1) is 14.6. The lowest BCUT2D eigenvalue weighted by atomic mass is 9.82. The molecule has 0 bridgehead atoms. The number of rotatable bonds is 6. The summed E-state index contributed by atoms with van der Waals surface area (Å²) in [5, 5.41) is 12.2. The SMILES string of the molecule is CCc1ccc(CC(C)(C(=O)O)C(=O)NC2CC2)cc1. The molecule has 1 aliphatic rings. The van der Waals surface area contributed by atoms with Crippen LogP contribution in [0.15, 0.2) is 24.3 Å². The summed E-state index contributed by atoms with van der Waals surface area (Å²) in [6.07, 6.45) is 3.06. The van der Waals surface area contributed by atoms with E-state index >= 15 is 0 Å². The molecular formula is C16H21NO3. The van der Waals surface area contributed by atoms with Crippen LogP contribution >= 0.6 is 0 Å². The third-order valence-corrected chi connectivity index (χ3v) is 3.87. The van der Waals surface area contributed by atoms with Crippen molar-refractivity contribution in [1.82, 2.24) is 5.32 Å². The van der Waals surface area contributed by atoms with Crippen molar-refractivity contribution in [3.05, 3.63) is 35.4 Å². The Hall–Kier alpha value is -1.84. The van der Waals surface area contributed by atoms with Gasteiger partial charge in [-0.25, -0.2) is 0 Å². The van der Waals surface area contributed by atoms with Crippen LogP contribution in [0.5, 0.6) is 0 Å². The van der Waals surface area contributed by atoms with E-state index in [1.165, 1.54) is 12.5 Å². The largest absolute Gasteiger partial charge is 0.480 e. The molecule has 1 aliphatic carbocycles. The van der Waals surface area contributed by atoms with Gasteiger partial charge in [0.1, 0.15) is 5.41 Å². The molecular weight excluding hydrogens is 254 g/mol. The van der Waals surface area contributed by atoms with Gasteiger partial charge in [-0.2, -0.15) is 0 Å². The van der Waals surface area contributed by atoms with Crippen LogP contribution in [0.1, 0.15) is 37.8 Å². The maximum atomic E-state index is 12.2. The first-order valence-electron chi connectivity index (χ1n) is 7.08. The van der Waals surface area contributed by atoms with Crippen molar-refractivity contribution in [3.8, 4) is 0 Å². The number of hydrogen-bond acceptors (Lipinski definition) is 2. The van der Waals surface area contributed by atoms with Crippen LogP contribution in [0.3, 0.4) is 0 Å². The molecule has 4 heteroatoms. The van der Waals surface area contributed by atoms with Gasteiger partial charge in [0, 0.05) is 6.04 Å². The Kier molecular flexibility index (Phi) is 4.12. The average molecular weight is 275 g/mol. The highest BCUT2D eigenvalue weighted by molar-refractivity contribution is 6.02. The third kappa shape index (κ3) is 3.18. The molecule has 4 nitrogen and oxygen atoms in total. The van der Waals surface area contributed by atoms with Crippen LogP contribution in [-0.2, 0) is 22.4 Å². The molecule has 1 saturated carbocycles. The molecule has 1 atom stereocenters. The van der Waals surface area contributed by atoms with Crippen LogP contribution in [0, 0.1) is 5.41 Å². The van der Waals surface area contributed by atoms with E-state index in [-0.39, 0.29) is 18.4 Å². The van der Waals surface area contributed by atoms with Crippen molar-refractivity contribution >= 4 is 11.9 Å². The summed E-state index contributed by atoms with van der Waals surface area (Å²) >= 11 is 0. The summed E-state index contributed by atoms with van der Waals surface area (Å²) in [6.45, 7) is 3.57. The number of nitrogens with one attached hydrogen (secondary N) is 1. The number of hydrogen-bond donors (Lipinski definition) is 2. The van der Waals surface area contributed by atoms with Gasteiger partial charge in [-0.3, -0.25) is 9.59 Å². The molecule has 1 unspecified atom stereocenters. The Morgan fingerprint density at radius 2 is 1.80 bits per heavy atom. The number of amides is 1. The number of benzene rings is 1. The van der Waals surface area contributed by atoms with Gasteiger partial charge in [0.15, 0.2) is 0 Å². The van der Waals surface area contributed by atoms with E-state index in [2.05, 4.69) is 12.2 Å². The number of carbonyl (C=O) groups is 2.